The predicted molar refractivity (Wildman–Crippen MR) is 86.6 cm³/mol. The molecule has 0 aliphatic heterocycles. The van der Waals surface area contributed by atoms with Gasteiger partial charge in [0, 0.05) is 23.0 Å². The van der Waals surface area contributed by atoms with E-state index >= 15 is 0 Å². The normalized spacial score (nSPS) is 11.0. The van der Waals surface area contributed by atoms with Gasteiger partial charge in [-0.15, -0.1) is 0 Å². The van der Waals surface area contributed by atoms with Crippen molar-refractivity contribution >= 4 is 17.5 Å². The first-order valence-corrected chi connectivity index (χ1v) is 8.11. The Bertz CT molecular complexity index is 890. The number of ketones is 1. The minimum Gasteiger partial charge on any atom is -0.315 e. The number of carbonyl (C=O) groups is 1. The maximum Gasteiger partial charge on any atom is 0.183 e. The van der Waals surface area contributed by atoms with E-state index in [2.05, 4.69) is 15.2 Å². The highest BCUT2D eigenvalue weighted by atomic mass is 32.2. The maximum absolute atomic E-state index is 14.1. The molecular formula is C16H14F2N4OS. The first kappa shape index (κ1) is 16.4. The molecule has 8 heteroatoms. The second-order valence-electron chi connectivity index (χ2n) is 5.22. The number of rotatable bonds is 5. The zero-order valence-corrected chi connectivity index (χ0v) is 13.8. The van der Waals surface area contributed by atoms with E-state index in [0.717, 1.165) is 18.2 Å². The SMILES string of the molecule is Cc1cc(C(=O)CSc2ncn[nH]2)c(C)n1-c1cc(F)ccc1F. The van der Waals surface area contributed by atoms with Crippen molar-refractivity contribution in [3.8, 4) is 5.69 Å². The van der Waals surface area contributed by atoms with E-state index in [1.165, 1.54) is 18.1 Å². The Labute approximate surface area is 141 Å². The van der Waals surface area contributed by atoms with Crippen LogP contribution >= 0.6 is 11.8 Å². The third-order valence-electron chi connectivity index (χ3n) is 3.61. The fourth-order valence-electron chi connectivity index (χ4n) is 2.55. The largest absolute Gasteiger partial charge is 0.315 e. The summed E-state index contributed by atoms with van der Waals surface area (Å²) in [6.07, 6.45) is 1.37. The molecule has 3 aromatic rings. The molecular weight excluding hydrogens is 334 g/mol. The molecule has 0 radical (unpaired) electrons. The number of nitrogens with one attached hydrogen (secondary N) is 1. The van der Waals surface area contributed by atoms with Crippen LogP contribution in [-0.2, 0) is 0 Å². The van der Waals surface area contributed by atoms with Gasteiger partial charge in [0.1, 0.15) is 18.0 Å². The lowest BCUT2D eigenvalue weighted by atomic mass is 10.2. The molecule has 0 saturated heterocycles. The maximum atomic E-state index is 14.1. The van der Waals surface area contributed by atoms with Gasteiger partial charge in [0.15, 0.2) is 10.9 Å². The molecule has 0 spiro atoms. The highest BCUT2D eigenvalue weighted by molar-refractivity contribution is 7.99. The smallest absolute Gasteiger partial charge is 0.183 e. The quantitative estimate of drug-likeness (QED) is 0.566. The monoisotopic (exact) mass is 348 g/mol. The summed E-state index contributed by atoms with van der Waals surface area (Å²) in [7, 11) is 0. The first-order valence-electron chi connectivity index (χ1n) is 7.13. The molecule has 1 N–H and O–H groups in total. The fourth-order valence-corrected chi connectivity index (χ4v) is 3.21. The molecule has 124 valence electrons. The van der Waals surface area contributed by atoms with E-state index in [-0.39, 0.29) is 17.2 Å². The summed E-state index contributed by atoms with van der Waals surface area (Å²) in [6, 6.07) is 4.94. The lowest BCUT2D eigenvalue weighted by molar-refractivity contribution is 0.102. The molecule has 0 saturated carbocycles. The van der Waals surface area contributed by atoms with Crippen LogP contribution in [-0.4, -0.2) is 31.3 Å². The lowest BCUT2D eigenvalue weighted by Crippen LogP contribution is -2.07. The molecule has 0 unspecified atom stereocenters. The van der Waals surface area contributed by atoms with Crippen molar-refractivity contribution in [1.29, 1.82) is 0 Å². The summed E-state index contributed by atoms with van der Waals surface area (Å²) in [5, 5.41) is 6.93. The third kappa shape index (κ3) is 3.09. The van der Waals surface area contributed by atoms with Gasteiger partial charge in [-0.2, -0.15) is 5.10 Å². The number of halogens is 2. The van der Waals surface area contributed by atoms with Crippen LogP contribution < -0.4 is 0 Å². The van der Waals surface area contributed by atoms with Gasteiger partial charge in [0.25, 0.3) is 0 Å². The van der Waals surface area contributed by atoms with Crippen molar-refractivity contribution in [2.24, 2.45) is 0 Å². The number of hydrogen-bond donors (Lipinski definition) is 1. The van der Waals surface area contributed by atoms with Crippen LogP contribution in [0.5, 0.6) is 0 Å². The van der Waals surface area contributed by atoms with Crippen LogP contribution in [0.4, 0.5) is 8.78 Å². The summed E-state index contributed by atoms with van der Waals surface area (Å²) in [4.78, 5) is 16.4. The molecule has 0 aliphatic carbocycles. The van der Waals surface area contributed by atoms with Crippen molar-refractivity contribution in [3.05, 3.63) is 59.2 Å². The minimum atomic E-state index is -0.548. The highest BCUT2D eigenvalue weighted by Gasteiger charge is 2.19. The Morgan fingerprint density at radius 1 is 1.29 bits per heavy atom. The molecule has 5 nitrogen and oxygen atoms in total. The predicted octanol–water partition coefficient (Wildman–Crippen LogP) is 3.47. The standard InChI is InChI=1S/C16H14F2N4OS/c1-9-5-12(15(23)7-24-16-19-8-20-21-16)10(2)22(9)14-6-11(17)3-4-13(14)18/h3-6,8H,7H2,1-2H3,(H,19,20,21). The summed E-state index contributed by atoms with van der Waals surface area (Å²) < 4.78 is 29.1. The summed E-state index contributed by atoms with van der Waals surface area (Å²) >= 11 is 1.23. The molecule has 0 amide bonds. The van der Waals surface area contributed by atoms with E-state index < -0.39 is 11.6 Å². The van der Waals surface area contributed by atoms with E-state index in [9.17, 15) is 13.6 Å². The van der Waals surface area contributed by atoms with Crippen molar-refractivity contribution < 1.29 is 13.6 Å². The van der Waals surface area contributed by atoms with Gasteiger partial charge in [0.05, 0.1) is 11.4 Å². The number of thioether (sulfide) groups is 1. The van der Waals surface area contributed by atoms with Crippen molar-refractivity contribution in [1.82, 2.24) is 19.7 Å². The Morgan fingerprint density at radius 3 is 2.79 bits per heavy atom. The Kier molecular flexibility index (Phi) is 4.48. The van der Waals surface area contributed by atoms with Crippen LogP contribution in [0.25, 0.3) is 5.69 Å². The van der Waals surface area contributed by atoms with Crippen LogP contribution in [0.2, 0.25) is 0 Å². The third-order valence-corrected chi connectivity index (χ3v) is 4.49. The van der Waals surface area contributed by atoms with Gasteiger partial charge in [-0.25, -0.2) is 13.8 Å². The number of carbonyl (C=O) groups excluding carboxylic acids is 1. The van der Waals surface area contributed by atoms with Gasteiger partial charge < -0.3 is 4.57 Å². The lowest BCUT2D eigenvalue weighted by Gasteiger charge is -2.11. The molecule has 2 heterocycles. The zero-order chi connectivity index (χ0) is 17.3. The van der Waals surface area contributed by atoms with Crippen LogP contribution in [0, 0.1) is 25.5 Å². The first-order chi connectivity index (χ1) is 11.5. The number of aromatic amines is 1. The summed E-state index contributed by atoms with van der Waals surface area (Å²) in [6.45, 7) is 3.46. The van der Waals surface area contributed by atoms with Gasteiger partial charge >= 0.3 is 0 Å². The van der Waals surface area contributed by atoms with Crippen molar-refractivity contribution in [2.75, 3.05) is 5.75 Å². The van der Waals surface area contributed by atoms with Gasteiger partial charge in [-0.1, -0.05) is 11.8 Å². The van der Waals surface area contributed by atoms with E-state index in [4.69, 9.17) is 0 Å². The van der Waals surface area contributed by atoms with Crippen molar-refractivity contribution in [3.63, 3.8) is 0 Å². The molecule has 0 bridgehead atoms. The number of aryl methyl sites for hydroxylation is 1. The van der Waals surface area contributed by atoms with Gasteiger partial charge in [-0.3, -0.25) is 9.89 Å². The van der Waals surface area contributed by atoms with Crippen LogP contribution in [0.15, 0.2) is 35.7 Å². The van der Waals surface area contributed by atoms with Crippen LogP contribution in [0.1, 0.15) is 21.7 Å². The molecule has 3 rings (SSSR count). The second kappa shape index (κ2) is 6.56. The molecule has 0 aliphatic rings. The number of hydrogen-bond acceptors (Lipinski definition) is 4. The molecule has 24 heavy (non-hydrogen) atoms. The number of benzene rings is 1. The fraction of sp³-hybridized carbons (Fsp3) is 0.188. The minimum absolute atomic E-state index is 0.0898. The second-order valence-corrected chi connectivity index (χ2v) is 6.18. The van der Waals surface area contributed by atoms with Crippen LogP contribution in [0.3, 0.4) is 0 Å². The molecule has 0 fully saturated rings. The molecule has 1 aromatic carbocycles. The molecule has 0 atom stereocenters. The van der Waals surface area contributed by atoms with E-state index in [0.29, 0.717) is 22.1 Å². The number of H-pyrrole nitrogens is 1. The Morgan fingerprint density at radius 2 is 2.08 bits per heavy atom. The van der Waals surface area contributed by atoms with Gasteiger partial charge in [0.2, 0.25) is 0 Å². The summed E-state index contributed by atoms with van der Waals surface area (Å²) in [5.74, 6) is -1.03. The van der Waals surface area contributed by atoms with Crippen molar-refractivity contribution in [2.45, 2.75) is 19.0 Å². The number of aromatic nitrogens is 4. The van der Waals surface area contributed by atoms with Gasteiger partial charge in [-0.05, 0) is 32.0 Å². The van der Waals surface area contributed by atoms with E-state index in [1.54, 1.807) is 24.5 Å². The Balaban J connectivity index is 1.91. The average Bonchev–Trinajstić information content (AvgIpc) is 3.16. The number of Topliss-reactive ketones (excluding diaryl/α,β-unsaturated/α-hetero) is 1. The number of nitrogens with zero attached hydrogens (tertiary/aromatic N) is 3. The molecule has 2 aromatic heterocycles. The highest BCUT2D eigenvalue weighted by Crippen LogP contribution is 2.25. The Hall–Kier alpha value is -2.48. The average molecular weight is 348 g/mol. The topological polar surface area (TPSA) is 63.6 Å². The zero-order valence-electron chi connectivity index (χ0n) is 13.0. The van der Waals surface area contributed by atoms with E-state index in [1.807, 2.05) is 0 Å². The summed E-state index contributed by atoms with van der Waals surface area (Å²) in [5.41, 5.74) is 1.79.